The van der Waals surface area contributed by atoms with E-state index >= 15 is 0 Å². The molecule has 0 aliphatic rings. The number of pyridine rings is 1. The Morgan fingerprint density at radius 1 is 1.38 bits per heavy atom. The van der Waals surface area contributed by atoms with Crippen LogP contribution in [0, 0.1) is 0 Å². The lowest BCUT2D eigenvalue weighted by Gasteiger charge is -2.26. The summed E-state index contributed by atoms with van der Waals surface area (Å²) in [5.41, 5.74) is -0.587. The molecule has 0 saturated carbocycles. The van der Waals surface area contributed by atoms with E-state index in [1.54, 1.807) is 39.1 Å². The summed E-state index contributed by atoms with van der Waals surface area (Å²) in [7, 11) is 0. The molecule has 1 rings (SSSR count). The summed E-state index contributed by atoms with van der Waals surface area (Å²) >= 11 is 3.30. The number of nitrogens with zero attached hydrogens (tertiary/aromatic N) is 2. The number of carbonyl (C=O) groups is 1. The first-order valence-electron chi connectivity index (χ1n) is 6.64. The Morgan fingerprint density at radius 2 is 2.10 bits per heavy atom. The second-order valence-corrected chi connectivity index (χ2v) is 6.22. The third kappa shape index (κ3) is 6.88. The highest BCUT2D eigenvalue weighted by molar-refractivity contribution is 9.10. The number of hydrogen-bond donors (Lipinski definition) is 1. The van der Waals surface area contributed by atoms with Crippen LogP contribution in [0.4, 0.5) is 10.6 Å². The quantitative estimate of drug-likeness (QED) is 0.789. The summed E-state index contributed by atoms with van der Waals surface area (Å²) < 4.78 is 11.4. The van der Waals surface area contributed by atoms with Crippen molar-refractivity contribution >= 4 is 27.8 Å². The number of ether oxygens (including phenoxy) is 2. The van der Waals surface area contributed by atoms with Crippen molar-refractivity contribution < 1.29 is 19.4 Å². The molecule has 1 aromatic heterocycles. The van der Waals surface area contributed by atoms with E-state index in [4.69, 9.17) is 14.6 Å². The molecular weight excluding hydrogens is 340 g/mol. The van der Waals surface area contributed by atoms with E-state index in [0.717, 1.165) is 4.47 Å². The fourth-order valence-corrected chi connectivity index (χ4v) is 1.70. The molecule has 0 aliphatic heterocycles. The molecule has 1 N–H and O–H groups in total. The number of aromatic nitrogens is 1. The Hall–Kier alpha value is -1.18. The van der Waals surface area contributed by atoms with Gasteiger partial charge in [0.25, 0.3) is 0 Å². The lowest BCUT2D eigenvalue weighted by atomic mass is 10.2. The van der Waals surface area contributed by atoms with E-state index in [-0.39, 0.29) is 19.8 Å². The van der Waals surface area contributed by atoms with E-state index in [0.29, 0.717) is 12.4 Å². The highest BCUT2D eigenvalue weighted by Crippen LogP contribution is 2.18. The van der Waals surface area contributed by atoms with Crippen LogP contribution in [-0.4, -0.2) is 48.2 Å². The predicted molar refractivity (Wildman–Crippen MR) is 83.4 cm³/mol. The second-order valence-electron chi connectivity index (χ2n) is 5.30. The molecule has 1 heterocycles. The molecule has 0 bridgehead atoms. The zero-order chi connectivity index (χ0) is 15.9. The lowest BCUT2D eigenvalue weighted by molar-refractivity contribution is 0.0547. The van der Waals surface area contributed by atoms with Crippen LogP contribution in [0.25, 0.3) is 0 Å². The molecule has 0 atom stereocenters. The molecule has 0 fully saturated rings. The third-order valence-electron chi connectivity index (χ3n) is 2.30. The fraction of sp³-hybridized carbons (Fsp3) is 0.571. The number of aliphatic hydroxyl groups is 1. The van der Waals surface area contributed by atoms with Crippen molar-refractivity contribution in [2.75, 3.05) is 31.3 Å². The average molecular weight is 361 g/mol. The van der Waals surface area contributed by atoms with Crippen LogP contribution in [0.5, 0.6) is 0 Å². The number of anilines is 1. The van der Waals surface area contributed by atoms with Gasteiger partial charge in [-0.2, -0.15) is 0 Å². The number of halogens is 1. The zero-order valence-corrected chi connectivity index (χ0v) is 14.1. The molecule has 0 saturated heterocycles. The number of aliphatic hydroxyl groups excluding tert-OH is 1. The molecule has 0 radical (unpaired) electrons. The summed E-state index contributed by atoms with van der Waals surface area (Å²) in [4.78, 5) is 17.9. The Bertz CT molecular complexity index is 445. The van der Waals surface area contributed by atoms with Crippen LogP contribution in [-0.2, 0) is 9.47 Å². The largest absolute Gasteiger partial charge is 0.443 e. The van der Waals surface area contributed by atoms with Crippen LogP contribution >= 0.6 is 15.9 Å². The molecule has 0 unspecified atom stereocenters. The summed E-state index contributed by atoms with van der Waals surface area (Å²) in [5, 5.41) is 8.69. The van der Waals surface area contributed by atoms with Crippen molar-refractivity contribution in [3.63, 3.8) is 0 Å². The van der Waals surface area contributed by atoms with Crippen LogP contribution in [0.2, 0.25) is 0 Å². The number of hydrogen-bond acceptors (Lipinski definition) is 5. The van der Waals surface area contributed by atoms with E-state index < -0.39 is 11.7 Å². The lowest BCUT2D eigenvalue weighted by Crippen LogP contribution is -2.39. The molecule has 7 heteroatoms. The normalized spacial score (nSPS) is 11.3. The summed E-state index contributed by atoms with van der Waals surface area (Å²) in [6, 6.07) is 3.52. The molecule has 21 heavy (non-hydrogen) atoms. The molecule has 0 aromatic carbocycles. The number of amides is 1. The summed E-state index contributed by atoms with van der Waals surface area (Å²) in [6.07, 6.45) is 1.13. The molecule has 0 aliphatic carbocycles. The first kappa shape index (κ1) is 17.9. The maximum Gasteiger partial charge on any atom is 0.416 e. The average Bonchev–Trinajstić information content (AvgIpc) is 2.38. The SMILES string of the molecule is CC(C)(C)OC(=O)N(CCOCCO)c1ccc(Br)cn1. The highest BCUT2D eigenvalue weighted by atomic mass is 79.9. The molecule has 1 amide bonds. The van der Waals surface area contributed by atoms with E-state index in [2.05, 4.69) is 20.9 Å². The van der Waals surface area contributed by atoms with Crippen molar-refractivity contribution in [2.45, 2.75) is 26.4 Å². The van der Waals surface area contributed by atoms with Gasteiger partial charge in [0, 0.05) is 10.7 Å². The van der Waals surface area contributed by atoms with Gasteiger partial charge >= 0.3 is 6.09 Å². The monoisotopic (exact) mass is 360 g/mol. The smallest absolute Gasteiger partial charge is 0.416 e. The van der Waals surface area contributed by atoms with Crippen molar-refractivity contribution in [1.82, 2.24) is 4.98 Å². The molecule has 118 valence electrons. The molecule has 0 spiro atoms. The number of carbonyl (C=O) groups excluding carboxylic acids is 1. The van der Waals surface area contributed by atoms with Crippen LogP contribution < -0.4 is 4.90 Å². The van der Waals surface area contributed by atoms with Gasteiger partial charge in [0.2, 0.25) is 0 Å². The summed E-state index contributed by atoms with van der Waals surface area (Å²) in [5.74, 6) is 0.486. The van der Waals surface area contributed by atoms with Gasteiger partial charge in [-0.25, -0.2) is 9.78 Å². The Morgan fingerprint density at radius 3 is 2.62 bits per heavy atom. The Balaban J connectivity index is 2.78. The third-order valence-corrected chi connectivity index (χ3v) is 2.77. The molecular formula is C14H21BrN2O4. The summed E-state index contributed by atoms with van der Waals surface area (Å²) in [6.45, 7) is 6.18. The second kappa shape index (κ2) is 8.31. The van der Waals surface area contributed by atoms with E-state index in [1.165, 1.54) is 4.90 Å². The van der Waals surface area contributed by atoms with Crippen LogP contribution in [0.3, 0.4) is 0 Å². The van der Waals surface area contributed by atoms with Crippen molar-refractivity contribution in [3.8, 4) is 0 Å². The Labute approximate surface area is 133 Å². The minimum Gasteiger partial charge on any atom is -0.443 e. The van der Waals surface area contributed by atoms with Gasteiger partial charge in [-0.3, -0.25) is 4.90 Å². The van der Waals surface area contributed by atoms with Gasteiger partial charge in [0.1, 0.15) is 11.4 Å². The topological polar surface area (TPSA) is 71.9 Å². The van der Waals surface area contributed by atoms with Crippen molar-refractivity contribution in [3.05, 3.63) is 22.8 Å². The first-order chi connectivity index (χ1) is 9.83. The van der Waals surface area contributed by atoms with E-state index in [1.807, 2.05) is 0 Å². The Kier molecular flexibility index (Phi) is 7.07. The fourth-order valence-electron chi connectivity index (χ4n) is 1.47. The van der Waals surface area contributed by atoms with Gasteiger partial charge in [-0.05, 0) is 48.8 Å². The van der Waals surface area contributed by atoms with Crippen molar-refractivity contribution in [2.24, 2.45) is 0 Å². The van der Waals surface area contributed by atoms with Gasteiger partial charge in [-0.1, -0.05) is 0 Å². The minimum atomic E-state index is -0.587. The maximum absolute atomic E-state index is 12.3. The van der Waals surface area contributed by atoms with Gasteiger partial charge in [0.05, 0.1) is 26.4 Å². The van der Waals surface area contributed by atoms with Gasteiger partial charge in [0.15, 0.2) is 0 Å². The molecule has 1 aromatic rings. The van der Waals surface area contributed by atoms with Crippen molar-refractivity contribution in [1.29, 1.82) is 0 Å². The van der Waals surface area contributed by atoms with Crippen LogP contribution in [0.1, 0.15) is 20.8 Å². The maximum atomic E-state index is 12.3. The van der Waals surface area contributed by atoms with Gasteiger partial charge in [-0.15, -0.1) is 0 Å². The zero-order valence-electron chi connectivity index (χ0n) is 12.5. The standard InChI is InChI=1S/C14H21BrN2O4/c1-14(2,3)21-13(19)17(6-8-20-9-7-18)12-5-4-11(15)10-16-12/h4-5,10,18H,6-9H2,1-3H3. The highest BCUT2D eigenvalue weighted by Gasteiger charge is 2.24. The number of rotatable bonds is 6. The van der Waals surface area contributed by atoms with Crippen LogP contribution in [0.15, 0.2) is 22.8 Å². The van der Waals surface area contributed by atoms with Gasteiger partial charge < -0.3 is 14.6 Å². The first-order valence-corrected chi connectivity index (χ1v) is 7.43. The predicted octanol–water partition coefficient (Wildman–Crippen LogP) is 2.59. The minimum absolute atomic E-state index is 0.0526. The van der Waals surface area contributed by atoms with E-state index in [9.17, 15) is 4.79 Å². The molecule has 6 nitrogen and oxygen atoms in total.